The molecule has 1 atom stereocenters. The maximum Gasteiger partial charge on any atom is 0.237 e. The van der Waals surface area contributed by atoms with Gasteiger partial charge in [-0.15, -0.1) is 5.10 Å². The van der Waals surface area contributed by atoms with Gasteiger partial charge >= 0.3 is 0 Å². The van der Waals surface area contributed by atoms with Crippen molar-refractivity contribution in [2.75, 3.05) is 5.32 Å². The zero-order chi connectivity index (χ0) is 14.7. The summed E-state index contributed by atoms with van der Waals surface area (Å²) < 4.78 is 12.9. The van der Waals surface area contributed by atoms with E-state index in [1.807, 2.05) is 0 Å². The number of carbonyl (C=O) groups is 1. The van der Waals surface area contributed by atoms with Gasteiger partial charge in [0.1, 0.15) is 11.6 Å². The number of halogens is 2. The molecule has 1 amide bonds. The normalized spacial score (nSPS) is 12.2. The molecule has 20 heavy (non-hydrogen) atoms. The highest BCUT2D eigenvalue weighted by Gasteiger charge is 2.17. The van der Waals surface area contributed by atoms with Crippen molar-refractivity contribution in [3.63, 3.8) is 0 Å². The van der Waals surface area contributed by atoms with Crippen LogP contribution < -0.4 is 5.32 Å². The topological polar surface area (TPSA) is 70.7 Å². The molecule has 106 valence electrons. The minimum Gasteiger partial charge on any atom is -0.324 e. The van der Waals surface area contributed by atoms with Crippen LogP contribution in [0.15, 0.2) is 23.4 Å². The van der Waals surface area contributed by atoms with Crippen LogP contribution in [0.1, 0.15) is 12.7 Å². The number of aryl methyl sites for hydroxylation is 1. The molecule has 2 N–H and O–H groups in total. The van der Waals surface area contributed by atoms with E-state index < -0.39 is 11.1 Å². The zero-order valence-electron chi connectivity index (χ0n) is 10.8. The number of H-pyrrole nitrogens is 1. The Morgan fingerprint density at radius 2 is 2.30 bits per heavy atom. The molecule has 0 bridgehead atoms. The third-order valence-corrected chi connectivity index (χ3v) is 3.69. The second-order valence-corrected chi connectivity index (χ2v) is 5.79. The number of carbonyl (C=O) groups excluding carboxylic acids is 1. The number of amides is 1. The largest absolute Gasteiger partial charge is 0.324 e. The molecule has 0 aliphatic heterocycles. The zero-order valence-corrected chi connectivity index (χ0v) is 12.3. The van der Waals surface area contributed by atoms with Crippen LogP contribution in [-0.4, -0.2) is 26.3 Å². The number of rotatable bonds is 4. The number of thioether (sulfide) groups is 1. The van der Waals surface area contributed by atoms with Gasteiger partial charge in [0.05, 0.1) is 16.0 Å². The lowest BCUT2D eigenvalue weighted by atomic mass is 10.3. The van der Waals surface area contributed by atoms with E-state index in [0.29, 0.717) is 16.7 Å². The van der Waals surface area contributed by atoms with Crippen molar-refractivity contribution in [3.05, 3.63) is 34.9 Å². The van der Waals surface area contributed by atoms with Crippen molar-refractivity contribution < 1.29 is 9.18 Å². The molecule has 8 heteroatoms. The first-order valence-electron chi connectivity index (χ1n) is 5.77. The van der Waals surface area contributed by atoms with Crippen LogP contribution >= 0.6 is 23.4 Å². The lowest BCUT2D eigenvalue weighted by molar-refractivity contribution is -0.115. The van der Waals surface area contributed by atoms with E-state index in [4.69, 9.17) is 11.6 Å². The van der Waals surface area contributed by atoms with Gasteiger partial charge in [-0.25, -0.2) is 9.37 Å². The molecule has 1 aromatic heterocycles. The Bertz CT molecular complexity index is 634. The van der Waals surface area contributed by atoms with Crippen LogP contribution in [0.5, 0.6) is 0 Å². The Labute approximate surface area is 124 Å². The molecule has 5 nitrogen and oxygen atoms in total. The standard InChI is InChI=1S/C12H12ClFN4OS/c1-6(20-12-15-7(2)17-18-12)11(19)16-10-4-3-8(14)5-9(10)13/h3-6H,1-2H3,(H,16,19)(H,15,17,18)/t6-/m1/s1. The van der Waals surface area contributed by atoms with Gasteiger partial charge in [0.2, 0.25) is 11.1 Å². The average Bonchev–Trinajstić information content (AvgIpc) is 2.78. The molecule has 1 aromatic carbocycles. The van der Waals surface area contributed by atoms with E-state index >= 15 is 0 Å². The van der Waals surface area contributed by atoms with E-state index in [0.717, 1.165) is 6.07 Å². The summed E-state index contributed by atoms with van der Waals surface area (Å²) >= 11 is 7.07. The van der Waals surface area contributed by atoms with Gasteiger partial charge in [0.15, 0.2) is 0 Å². The Morgan fingerprint density at radius 1 is 1.55 bits per heavy atom. The maximum absolute atomic E-state index is 12.9. The van der Waals surface area contributed by atoms with Crippen LogP contribution in [0.4, 0.5) is 10.1 Å². The third-order valence-electron chi connectivity index (χ3n) is 2.42. The predicted molar refractivity (Wildman–Crippen MR) is 76.5 cm³/mol. The van der Waals surface area contributed by atoms with Crippen molar-refractivity contribution >= 4 is 35.0 Å². The lowest BCUT2D eigenvalue weighted by Crippen LogP contribution is -2.22. The summed E-state index contributed by atoms with van der Waals surface area (Å²) in [7, 11) is 0. The third kappa shape index (κ3) is 3.71. The fourth-order valence-corrected chi connectivity index (χ4v) is 2.40. The number of hydrogen-bond acceptors (Lipinski definition) is 4. The molecule has 0 radical (unpaired) electrons. The number of anilines is 1. The first kappa shape index (κ1) is 14.8. The van der Waals surface area contributed by atoms with E-state index in [9.17, 15) is 9.18 Å². The average molecular weight is 315 g/mol. The molecule has 0 saturated carbocycles. The molecule has 2 aromatic rings. The first-order chi connectivity index (χ1) is 9.45. The van der Waals surface area contributed by atoms with Crippen molar-refractivity contribution in [3.8, 4) is 0 Å². The lowest BCUT2D eigenvalue weighted by Gasteiger charge is -2.11. The van der Waals surface area contributed by atoms with Crippen molar-refractivity contribution in [1.29, 1.82) is 0 Å². The SMILES string of the molecule is Cc1nc(S[C@H](C)C(=O)Nc2ccc(F)cc2Cl)n[nH]1. The van der Waals surface area contributed by atoms with E-state index in [2.05, 4.69) is 20.5 Å². The number of nitrogens with zero attached hydrogens (tertiary/aromatic N) is 2. The highest BCUT2D eigenvalue weighted by atomic mass is 35.5. The number of benzene rings is 1. The van der Waals surface area contributed by atoms with E-state index in [1.165, 1.54) is 23.9 Å². The number of hydrogen-bond donors (Lipinski definition) is 2. The van der Waals surface area contributed by atoms with Crippen LogP contribution in [-0.2, 0) is 4.79 Å². The van der Waals surface area contributed by atoms with Gasteiger partial charge in [-0.3, -0.25) is 9.89 Å². The van der Waals surface area contributed by atoms with Gasteiger partial charge in [-0.1, -0.05) is 23.4 Å². The maximum atomic E-state index is 12.9. The quantitative estimate of drug-likeness (QED) is 0.851. The van der Waals surface area contributed by atoms with Crippen LogP contribution in [0.3, 0.4) is 0 Å². The molecule has 0 aliphatic carbocycles. The molecule has 2 rings (SSSR count). The Kier molecular flexibility index (Phi) is 4.61. The molecule has 1 heterocycles. The first-order valence-corrected chi connectivity index (χ1v) is 7.03. The smallest absolute Gasteiger partial charge is 0.237 e. The molecule has 0 aliphatic rings. The highest BCUT2D eigenvalue weighted by Crippen LogP contribution is 2.25. The molecule has 0 fully saturated rings. The van der Waals surface area contributed by atoms with E-state index in [1.54, 1.807) is 13.8 Å². The van der Waals surface area contributed by atoms with Crippen LogP contribution in [0, 0.1) is 12.7 Å². The number of aromatic nitrogens is 3. The molecule has 0 unspecified atom stereocenters. The van der Waals surface area contributed by atoms with Gasteiger partial charge in [0, 0.05) is 0 Å². The summed E-state index contributed by atoms with van der Waals surface area (Å²) in [6.07, 6.45) is 0. The Balaban J connectivity index is 2.00. The van der Waals surface area contributed by atoms with Crippen molar-refractivity contribution in [2.45, 2.75) is 24.3 Å². The highest BCUT2D eigenvalue weighted by molar-refractivity contribution is 8.00. The molecular weight excluding hydrogens is 303 g/mol. The number of aromatic amines is 1. The van der Waals surface area contributed by atoms with Gasteiger partial charge in [-0.2, -0.15) is 0 Å². The van der Waals surface area contributed by atoms with Gasteiger partial charge in [-0.05, 0) is 32.0 Å². The molecular formula is C12H12ClFN4OS. The van der Waals surface area contributed by atoms with Gasteiger partial charge in [0.25, 0.3) is 0 Å². The summed E-state index contributed by atoms with van der Waals surface area (Å²) in [4.78, 5) is 16.1. The Morgan fingerprint density at radius 3 is 2.90 bits per heavy atom. The minimum atomic E-state index is -0.452. The fraction of sp³-hybridized carbons (Fsp3) is 0.250. The second-order valence-electron chi connectivity index (χ2n) is 4.08. The summed E-state index contributed by atoms with van der Waals surface area (Å²) in [5, 5.41) is 9.53. The monoisotopic (exact) mass is 314 g/mol. The van der Waals surface area contributed by atoms with Gasteiger partial charge < -0.3 is 5.32 Å². The van der Waals surface area contributed by atoms with E-state index in [-0.39, 0.29) is 10.9 Å². The van der Waals surface area contributed by atoms with Crippen molar-refractivity contribution in [1.82, 2.24) is 15.2 Å². The minimum absolute atomic E-state index is 0.157. The fourth-order valence-electron chi connectivity index (χ4n) is 1.41. The summed E-state index contributed by atoms with van der Waals surface area (Å²) in [5.74, 6) is -0.0285. The Hall–Kier alpha value is -1.60. The summed E-state index contributed by atoms with van der Waals surface area (Å²) in [6.45, 7) is 3.50. The predicted octanol–water partition coefficient (Wildman–Crippen LogP) is 3.02. The van der Waals surface area contributed by atoms with Crippen LogP contribution in [0.2, 0.25) is 5.02 Å². The molecule has 0 saturated heterocycles. The summed E-state index contributed by atoms with van der Waals surface area (Å²) in [6, 6.07) is 3.80. The molecule has 0 spiro atoms. The summed E-state index contributed by atoms with van der Waals surface area (Å²) in [5.41, 5.74) is 0.372. The van der Waals surface area contributed by atoms with Crippen LogP contribution in [0.25, 0.3) is 0 Å². The van der Waals surface area contributed by atoms with Crippen molar-refractivity contribution in [2.24, 2.45) is 0 Å². The second kappa shape index (κ2) is 6.23. The number of nitrogens with one attached hydrogen (secondary N) is 2.